The molecule has 9 rings (SSSR count). The number of aromatic nitrogens is 4. The van der Waals surface area contributed by atoms with E-state index in [0.717, 1.165) is 94.6 Å². The fourth-order valence-electron chi connectivity index (χ4n) is 10.1. The van der Waals surface area contributed by atoms with Crippen LogP contribution in [0.4, 0.5) is 9.59 Å². The average molecular weight is 857 g/mol. The van der Waals surface area contributed by atoms with Crippen LogP contribution in [0.2, 0.25) is 0 Å². The van der Waals surface area contributed by atoms with Gasteiger partial charge < -0.3 is 44.6 Å². The molecule has 4 aliphatic heterocycles. The minimum absolute atomic E-state index is 0.00245. The molecule has 5 aromatic rings. The molecule has 63 heavy (non-hydrogen) atoms. The van der Waals surface area contributed by atoms with Gasteiger partial charge in [0.15, 0.2) is 0 Å². The number of carbonyl (C=O) groups is 4. The number of likely N-dealkylation sites (tertiary alicyclic amines) is 2. The van der Waals surface area contributed by atoms with E-state index in [1.54, 1.807) is 0 Å². The first kappa shape index (κ1) is 42.1. The molecule has 0 aliphatic carbocycles. The second-order valence-electron chi connectivity index (χ2n) is 17.9. The molecule has 2 bridgehead atoms. The zero-order chi connectivity index (χ0) is 44.1. The summed E-state index contributed by atoms with van der Waals surface area (Å²) < 4.78 is 16.2. The Morgan fingerprint density at radius 2 is 1.13 bits per heavy atom. The monoisotopic (exact) mass is 856 g/mol. The predicted octanol–water partition coefficient (Wildman–Crippen LogP) is 8.28. The minimum Gasteiger partial charge on any atom is -0.453 e. The topological polar surface area (TPSA) is 184 Å². The van der Waals surface area contributed by atoms with Crippen molar-refractivity contribution in [2.45, 2.75) is 103 Å². The van der Waals surface area contributed by atoms with Gasteiger partial charge in [0.25, 0.3) is 0 Å². The molecule has 15 nitrogen and oxygen atoms in total. The van der Waals surface area contributed by atoms with E-state index in [1.807, 2.05) is 49.9 Å². The number of rotatable bonds is 11. The standard InChI is InChI=1S/C48H56N8O7/c1-25(2)41(53-47(59)61-5)45(57)55-19-7-9-35(55)43-49-23-33(51-43)30-14-12-27-21-29(13-11-28(27)22-30)31-15-16-32(40-38-18-17-37(63-38)39(31)40)34-24-50-44(52-34)36-10-8-20-56(36)46(58)42(26(3)4)54-48(60)62-6/h11-16,21-26,35-38,41-42H,7-10,17-20H2,1-6H3,(H,49,51)(H,50,52)(H,53,59)(H,54,60)/t35-,36-,37?,38?,41+,42?/m0/s1. The molecule has 4 amide bonds. The number of carbonyl (C=O) groups excluding carboxylic acids is 4. The van der Waals surface area contributed by atoms with E-state index >= 15 is 0 Å². The van der Waals surface area contributed by atoms with E-state index < -0.39 is 24.3 Å². The first-order valence-corrected chi connectivity index (χ1v) is 22.2. The molecular formula is C48H56N8O7. The van der Waals surface area contributed by atoms with Crippen LogP contribution >= 0.6 is 0 Å². The Morgan fingerprint density at radius 1 is 0.651 bits per heavy atom. The number of benzene rings is 3. The van der Waals surface area contributed by atoms with E-state index in [1.165, 1.54) is 25.3 Å². The third kappa shape index (κ3) is 7.80. The van der Waals surface area contributed by atoms with E-state index in [4.69, 9.17) is 24.2 Å². The Balaban J connectivity index is 0.951. The largest absolute Gasteiger partial charge is 0.453 e. The number of amides is 4. The van der Waals surface area contributed by atoms with Crippen molar-refractivity contribution in [3.8, 4) is 33.6 Å². The summed E-state index contributed by atoms with van der Waals surface area (Å²) in [4.78, 5) is 71.9. The number of hydrogen-bond acceptors (Lipinski definition) is 9. The first-order chi connectivity index (χ1) is 30.4. The number of aromatic amines is 2. The molecular weight excluding hydrogens is 801 g/mol. The number of nitrogens with zero attached hydrogens (tertiary/aromatic N) is 4. The van der Waals surface area contributed by atoms with Gasteiger partial charge in [0, 0.05) is 24.2 Å². The van der Waals surface area contributed by atoms with E-state index in [9.17, 15) is 19.2 Å². The van der Waals surface area contributed by atoms with Gasteiger partial charge in [-0.15, -0.1) is 0 Å². The third-order valence-corrected chi connectivity index (χ3v) is 13.4. The fourth-order valence-corrected chi connectivity index (χ4v) is 10.1. The molecule has 0 radical (unpaired) electrons. The van der Waals surface area contributed by atoms with Gasteiger partial charge in [-0.2, -0.15) is 0 Å². The normalized spacial score (nSPS) is 21.3. The zero-order valence-corrected chi connectivity index (χ0v) is 36.7. The molecule has 4 aliphatic rings. The predicted molar refractivity (Wildman–Crippen MR) is 236 cm³/mol. The van der Waals surface area contributed by atoms with Crippen LogP contribution in [0.25, 0.3) is 44.4 Å². The first-order valence-electron chi connectivity index (χ1n) is 22.2. The van der Waals surface area contributed by atoms with Crippen LogP contribution in [0.5, 0.6) is 0 Å². The van der Waals surface area contributed by atoms with E-state index in [2.05, 4.69) is 69.1 Å². The van der Waals surface area contributed by atoms with Gasteiger partial charge >= 0.3 is 12.2 Å². The lowest BCUT2D eigenvalue weighted by Crippen LogP contribution is -2.51. The summed E-state index contributed by atoms with van der Waals surface area (Å²) in [6.07, 6.45) is 7.64. The number of fused-ring (bicyclic) bond motifs is 6. The summed E-state index contributed by atoms with van der Waals surface area (Å²) in [5.74, 6) is 0.965. The maximum atomic E-state index is 13.8. The number of alkyl carbamates (subject to hydrolysis) is 2. The number of ether oxygens (including phenoxy) is 3. The molecule has 2 aromatic heterocycles. The molecule has 6 atom stereocenters. The number of methoxy groups -OCH3 is 2. The van der Waals surface area contributed by atoms with E-state index in [0.29, 0.717) is 13.1 Å². The van der Waals surface area contributed by atoms with Crippen molar-refractivity contribution in [3.05, 3.63) is 83.7 Å². The van der Waals surface area contributed by atoms with Gasteiger partial charge in [-0.05, 0) is 95.5 Å². The maximum absolute atomic E-state index is 13.8. The fraction of sp³-hybridized carbons (Fsp3) is 0.458. The summed E-state index contributed by atoms with van der Waals surface area (Å²) in [6, 6.07) is 15.5. The van der Waals surface area contributed by atoms with Gasteiger partial charge in [-0.3, -0.25) is 9.59 Å². The summed E-state index contributed by atoms with van der Waals surface area (Å²) in [5, 5.41) is 7.65. The lowest BCUT2D eigenvalue weighted by molar-refractivity contribution is -0.136. The third-order valence-electron chi connectivity index (χ3n) is 13.4. The Hall–Kier alpha value is -6.22. The van der Waals surface area contributed by atoms with Crippen LogP contribution in [-0.4, -0.2) is 93.1 Å². The molecule has 330 valence electrons. The van der Waals surface area contributed by atoms with Crippen LogP contribution in [0.3, 0.4) is 0 Å². The average Bonchev–Trinajstić information content (AvgIpc) is 4.15. The molecule has 3 saturated heterocycles. The van der Waals surface area contributed by atoms with Gasteiger partial charge in [-0.25, -0.2) is 19.6 Å². The molecule has 0 saturated carbocycles. The minimum atomic E-state index is -0.700. The van der Waals surface area contributed by atoms with Crippen molar-refractivity contribution < 1.29 is 33.4 Å². The van der Waals surface area contributed by atoms with Crippen LogP contribution in [0.15, 0.2) is 60.9 Å². The highest BCUT2D eigenvalue weighted by molar-refractivity contribution is 5.92. The summed E-state index contributed by atoms with van der Waals surface area (Å²) in [6.45, 7) is 8.82. The molecule has 3 unspecified atom stereocenters. The molecule has 3 aromatic carbocycles. The Bertz CT molecular complexity index is 2560. The number of nitrogens with one attached hydrogen (secondary N) is 4. The van der Waals surface area contributed by atoms with Gasteiger partial charge in [0.1, 0.15) is 23.7 Å². The SMILES string of the molecule is COC(=O)NC(C(=O)N1CCC[C@H]1c1ncc(-c2ccc(-c3ccc4cc(-c5cnc([C@@H]6CCCN6C(=O)[C@H](NC(=O)OC)C(C)C)[nH]5)ccc4c3)c3c2C2CCC3O2)[nH]1)C(C)C. The molecule has 3 fully saturated rings. The van der Waals surface area contributed by atoms with Gasteiger partial charge in [-0.1, -0.05) is 64.1 Å². The van der Waals surface area contributed by atoms with Crippen molar-refractivity contribution >= 4 is 34.8 Å². The van der Waals surface area contributed by atoms with E-state index in [-0.39, 0.29) is 47.9 Å². The summed E-state index contributed by atoms with van der Waals surface area (Å²) >= 11 is 0. The van der Waals surface area contributed by atoms with Crippen molar-refractivity contribution in [2.24, 2.45) is 11.8 Å². The maximum Gasteiger partial charge on any atom is 0.407 e. The molecule has 4 N–H and O–H groups in total. The Kier molecular flexibility index (Phi) is 11.5. The highest BCUT2D eigenvalue weighted by atomic mass is 16.5. The Morgan fingerprint density at radius 3 is 1.67 bits per heavy atom. The number of imidazole rings is 2. The number of hydrogen-bond donors (Lipinski definition) is 4. The second-order valence-corrected chi connectivity index (χ2v) is 17.9. The summed E-state index contributed by atoms with van der Waals surface area (Å²) in [5.41, 5.74) is 8.54. The zero-order valence-electron chi connectivity index (χ0n) is 36.7. The van der Waals surface area contributed by atoms with Gasteiger partial charge in [0.2, 0.25) is 11.8 Å². The summed E-state index contributed by atoms with van der Waals surface area (Å²) in [7, 11) is 2.59. The molecule has 6 heterocycles. The van der Waals surface area contributed by atoms with Crippen LogP contribution in [-0.2, 0) is 23.8 Å². The van der Waals surface area contributed by atoms with Crippen molar-refractivity contribution in [2.75, 3.05) is 27.3 Å². The van der Waals surface area contributed by atoms with Crippen LogP contribution in [0, 0.1) is 11.8 Å². The quantitative estimate of drug-likeness (QED) is 0.102. The molecule has 15 heteroatoms. The highest BCUT2D eigenvalue weighted by Gasteiger charge is 2.43. The second kappa shape index (κ2) is 17.2. The molecule has 0 spiro atoms. The van der Waals surface area contributed by atoms with Crippen molar-refractivity contribution in [1.82, 2.24) is 40.4 Å². The van der Waals surface area contributed by atoms with Crippen molar-refractivity contribution in [3.63, 3.8) is 0 Å². The Labute approximate surface area is 366 Å². The van der Waals surface area contributed by atoms with Crippen LogP contribution < -0.4 is 10.6 Å². The van der Waals surface area contributed by atoms with Gasteiger partial charge in [0.05, 0.1) is 62.3 Å². The lowest BCUT2D eigenvalue weighted by atomic mass is 9.82. The highest BCUT2D eigenvalue weighted by Crippen LogP contribution is 2.56. The van der Waals surface area contributed by atoms with Crippen molar-refractivity contribution in [1.29, 1.82) is 0 Å². The smallest absolute Gasteiger partial charge is 0.407 e. The lowest BCUT2D eigenvalue weighted by Gasteiger charge is -2.30. The number of H-pyrrole nitrogens is 2. The van der Waals surface area contributed by atoms with Crippen LogP contribution in [0.1, 0.15) is 113 Å².